The van der Waals surface area contributed by atoms with Gasteiger partial charge >= 0.3 is 12.1 Å². The van der Waals surface area contributed by atoms with E-state index in [1.165, 1.54) is 47.4 Å². The lowest BCUT2D eigenvalue weighted by molar-refractivity contribution is -0.146. The van der Waals surface area contributed by atoms with E-state index in [1.807, 2.05) is 13.8 Å². The van der Waals surface area contributed by atoms with Crippen LogP contribution in [0.25, 0.3) is 0 Å². The molecular formula is C23H32N2O7S2. The molecule has 1 atom stereocenters. The van der Waals surface area contributed by atoms with E-state index in [9.17, 15) is 18.0 Å². The highest BCUT2D eigenvalue weighted by molar-refractivity contribution is 8.00. The van der Waals surface area contributed by atoms with Crippen molar-refractivity contribution in [1.29, 1.82) is 0 Å². The van der Waals surface area contributed by atoms with E-state index in [1.54, 1.807) is 20.8 Å². The van der Waals surface area contributed by atoms with Crippen molar-refractivity contribution in [2.45, 2.75) is 55.9 Å². The first kappa shape index (κ1) is 27.8. The molecule has 0 aliphatic carbocycles. The number of amides is 1. The molecule has 0 radical (unpaired) electrons. The normalized spacial score (nSPS) is 18.2. The Morgan fingerprint density at radius 1 is 1.21 bits per heavy atom. The summed E-state index contributed by atoms with van der Waals surface area (Å²) in [6.07, 6.45) is -0.551. The Morgan fingerprint density at radius 2 is 1.85 bits per heavy atom. The van der Waals surface area contributed by atoms with Gasteiger partial charge in [0.25, 0.3) is 0 Å². The van der Waals surface area contributed by atoms with Gasteiger partial charge in [0.2, 0.25) is 10.0 Å². The van der Waals surface area contributed by atoms with Crippen LogP contribution < -0.4 is 10.1 Å². The summed E-state index contributed by atoms with van der Waals surface area (Å²) in [5.74, 6) is 5.93. The van der Waals surface area contributed by atoms with Crippen molar-refractivity contribution >= 4 is 33.8 Å². The second-order valence-electron chi connectivity index (χ2n) is 8.96. The van der Waals surface area contributed by atoms with E-state index in [0.717, 1.165) is 0 Å². The molecule has 188 valence electrons. The predicted molar refractivity (Wildman–Crippen MR) is 130 cm³/mol. The smallest absolute Gasteiger partial charge is 0.408 e. The minimum Gasteiger partial charge on any atom is -0.481 e. The molecule has 1 amide bonds. The van der Waals surface area contributed by atoms with Crippen LogP contribution in [-0.4, -0.2) is 73.7 Å². The molecule has 0 saturated carbocycles. The van der Waals surface area contributed by atoms with Gasteiger partial charge in [0.05, 0.1) is 18.6 Å². The summed E-state index contributed by atoms with van der Waals surface area (Å²) in [7, 11) is -2.67. The third kappa shape index (κ3) is 7.55. The first-order valence-corrected chi connectivity index (χ1v) is 13.1. The quantitative estimate of drug-likeness (QED) is 0.458. The SMILES string of the molecule is COC(=O)C1N(S(=O)(=O)c2ccc(OCC#CCNC(=O)OC(C)(C)C)cc2)CCSC1(C)C. The Kier molecular flexibility index (Phi) is 9.28. The molecule has 1 heterocycles. The van der Waals surface area contributed by atoms with Crippen LogP contribution in [0, 0.1) is 11.8 Å². The molecule has 0 bridgehead atoms. The molecule has 34 heavy (non-hydrogen) atoms. The average Bonchev–Trinajstić information content (AvgIpc) is 2.74. The van der Waals surface area contributed by atoms with E-state index in [-0.39, 0.29) is 24.6 Å². The summed E-state index contributed by atoms with van der Waals surface area (Å²) in [5, 5.41) is 2.52. The van der Waals surface area contributed by atoms with Crippen molar-refractivity contribution in [3.05, 3.63) is 24.3 Å². The Labute approximate surface area is 205 Å². The average molecular weight is 513 g/mol. The molecule has 1 aliphatic rings. The van der Waals surface area contributed by atoms with Gasteiger partial charge in [0.15, 0.2) is 0 Å². The van der Waals surface area contributed by atoms with Gasteiger partial charge in [-0.15, -0.1) is 0 Å². The maximum absolute atomic E-state index is 13.3. The molecule has 1 N–H and O–H groups in total. The van der Waals surface area contributed by atoms with Crippen molar-refractivity contribution in [1.82, 2.24) is 9.62 Å². The number of rotatable bonds is 6. The highest BCUT2D eigenvalue weighted by Gasteiger charge is 2.48. The summed E-state index contributed by atoms with van der Waals surface area (Å²) in [5.41, 5.74) is -0.580. The molecule has 9 nitrogen and oxygen atoms in total. The number of nitrogens with one attached hydrogen (secondary N) is 1. The van der Waals surface area contributed by atoms with Gasteiger partial charge in [0.1, 0.15) is 24.0 Å². The molecule has 2 rings (SSSR count). The van der Waals surface area contributed by atoms with Crippen molar-refractivity contribution < 1.29 is 32.2 Å². The van der Waals surface area contributed by atoms with Crippen LogP contribution in [0.5, 0.6) is 5.75 Å². The number of esters is 1. The minimum absolute atomic E-state index is 0.0593. The molecule has 1 unspecified atom stereocenters. The zero-order chi connectivity index (χ0) is 25.6. The zero-order valence-electron chi connectivity index (χ0n) is 20.3. The first-order chi connectivity index (χ1) is 15.8. The second kappa shape index (κ2) is 11.3. The van der Waals surface area contributed by atoms with Crippen LogP contribution in [0.3, 0.4) is 0 Å². The van der Waals surface area contributed by atoms with Gasteiger partial charge in [-0.25, -0.2) is 13.2 Å². The largest absolute Gasteiger partial charge is 0.481 e. The number of carbonyl (C=O) groups excluding carboxylic acids is 2. The van der Waals surface area contributed by atoms with Crippen LogP contribution in [0.15, 0.2) is 29.2 Å². The van der Waals surface area contributed by atoms with E-state index in [0.29, 0.717) is 11.5 Å². The second-order valence-corrected chi connectivity index (χ2v) is 12.6. The molecule has 1 aromatic carbocycles. The number of methoxy groups -OCH3 is 1. The number of benzene rings is 1. The summed E-state index contributed by atoms with van der Waals surface area (Å²) in [6.45, 7) is 9.36. The van der Waals surface area contributed by atoms with Gasteiger partial charge in [-0.1, -0.05) is 11.8 Å². The lowest BCUT2D eigenvalue weighted by atomic mass is 10.0. The van der Waals surface area contributed by atoms with E-state index in [4.69, 9.17) is 14.2 Å². The first-order valence-electron chi connectivity index (χ1n) is 10.7. The fourth-order valence-electron chi connectivity index (χ4n) is 3.23. The summed E-state index contributed by atoms with van der Waals surface area (Å²) in [4.78, 5) is 24.0. The Balaban J connectivity index is 1.98. The molecule has 1 aliphatic heterocycles. The lowest BCUT2D eigenvalue weighted by Crippen LogP contribution is -2.58. The fourth-order valence-corrected chi connectivity index (χ4v) is 6.32. The predicted octanol–water partition coefficient (Wildman–Crippen LogP) is 2.65. The highest BCUT2D eigenvalue weighted by atomic mass is 32.2. The van der Waals surface area contributed by atoms with E-state index in [2.05, 4.69) is 17.2 Å². The number of alkyl carbamates (subject to hydrolysis) is 1. The van der Waals surface area contributed by atoms with Crippen LogP contribution >= 0.6 is 11.8 Å². The number of nitrogens with zero attached hydrogens (tertiary/aromatic N) is 1. The lowest BCUT2D eigenvalue weighted by Gasteiger charge is -2.43. The van der Waals surface area contributed by atoms with Crippen molar-refractivity contribution in [2.24, 2.45) is 0 Å². The number of hydrogen-bond acceptors (Lipinski definition) is 8. The molecule has 0 aromatic heterocycles. The summed E-state index contributed by atoms with van der Waals surface area (Å²) < 4.78 is 42.7. The maximum atomic E-state index is 13.3. The van der Waals surface area contributed by atoms with Crippen molar-refractivity contribution in [3.8, 4) is 17.6 Å². The monoisotopic (exact) mass is 512 g/mol. The standard InChI is InChI=1S/C23H32N2O7S2/c1-22(2,3)32-21(27)24-13-7-8-15-31-17-9-11-18(12-10-17)34(28,29)25-14-16-33-23(4,5)19(25)20(26)30-6/h9-12,19H,13-16H2,1-6H3,(H,24,27). The third-order valence-electron chi connectivity index (χ3n) is 4.74. The van der Waals surface area contributed by atoms with Gasteiger partial charge in [-0.3, -0.25) is 4.79 Å². The minimum atomic E-state index is -3.92. The van der Waals surface area contributed by atoms with Gasteiger partial charge in [-0.2, -0.15) is 16.1 Å². The Bertz CT molecular complexity index is 1040. The number of sulfonamides is 1. The van der Waals surface area contributed by atoms with E-state index >= 15 is 0 Å². The van der Waals surface area contributed by atoms with Crippen molar-refractivity contribution in [2.75, 3.05) is 32.6 Å². The van der Waals surface area contributed by atoms with Crippen LogP contribution in [-0.2, 0) is 24.3 Å². The van der Waals surface area contributed by atoms with Gasteiger partial charge in [-0.05, 0) is 58.9 Å². The molecule has 0 spiro atoms. The maximum Gasteiger partial charge on any atom is 0.408 e. The Hall–Kier alpha value is -2.42. The molecule has 11 heteroatoms. The van der Waals surface area contributed by atoms with Crippen molar-refractivity contribution in [3.63, 3.8) is 0 Å². The van der Waals surface area contributed by atoms with E-state index < -0.39 is 38.5 Å². The van der Waals surface area contributed by atoms with Crippen LogP contribution in [0.2, 0.25) is 0 Å². The number of hydrogen-bond donors (Lipinski definition) is 1. The number of ether oxygens (including phenoxy) is 3. The van der Waals surface area contributed by atoms with Crippen LogP contribution in [0.1, 0.15) is 34.6 Å². The third-order valence-corrected chi connectivity index (χ3v) is 7.98. The van der Waals surface area contributed by atoms with Crippen LogP contribution in [0.4, 0.5) is 4.79 Å². The highest BCUT2D eigenvalue weighted by Crippen LogP contribution is 2.38. The molecule has 1 saturated heterocycles. The topological polar surface area (TPSA) is 111 Å². The Morgan fingerprint density at radius 3 is 2.44 bits per heavy atom. The summed E-state index contributed by atoms with van der Waals surface area (Å²) >= 11 is 1.54. The van der Waals surface area contributed by atoms with Gasteiger partial charge < -0.3 is 19.5 Å². The molecular weight excluding hydrogens is 480 g/mol. The number of carbonyl (C=O) groups is 2. The van der Waals surface area contributed by atoms with Gasteiger partial charge in [0, 0.05) is 17.0 Å². The molecule has 1 aromatic rings. The summed E-state index contributed by atoms with van der Waals surface area (Å²) in [6, 6.07) is 5.01. The number of thioether (sulfide) groups is 1. The molecule has 1 fully saturated rings. The fraction of sp³-hybridized carbons (Fsp3) is 0.565. The zero-order valence-corrected chi connectivity index (χ0v) is 22.0.